The van der Waals surface area contributed by atoms with Crippen LogP contribution in [0.1, 0.15) is 26.2 Å². The number of unbranched alkanes of at least 4 members (excludes halogenated alkanes) is 1. The second-order valence-electron chi connectivity index (χ2n) is 7.27. The van der Waals surface area contributed by atoms with E-state index in [-0.39, 0.29) is 24.0 Å². The van der Waals surface area contributed by atoms with Crippen LogP contribution < -0.4 is 10.6 Å². The fraction of sp³-hybridized carbons (Fsp3) is 0.591. The minimum absolute atomic E-state index is 0. The molecule has 29 heavy (non-hydrogen) atoms. The van der Waals surface area contributed by atoms with Crippen LogP contribution in [-0.4, -0.2) is 67.9 Å². The molecule has 1 aliphatic rings. The smallest absolute Gasteiger partial charge is 0.191 e. The molecule has 2 heterocycles. The van der Waals surface area contributed by atoms with Crippen molar-refractivity contribution in [2.24, 2.45) is 4.99 Å². The van der Waals surface area contributed by atoms with Crippen LogP contribution in [0.4, 0.5) is 0 Å². The first-order valence-electron chi connectivity index (χ1n) is 10.7. The molecule has 2 aromatic rings. The number of aliphatic imine (C=N–C) groups is 1. The van der Waals surface area contributed by atoms with Crippen molar-refractivity contribution < 1.29 is 4.74 Å². The van der Waals surface area contributed by atoms with E-state index in [1.165, 1.54) is 23.9 Å². The van der Waals surface area contributed by atoms with Gasteiger partial charge in [-0.15, -0.1) is 24.0 Å². The zero-order valence-corrected chi connectivity index (χ0v) is 19.9. The van der Waals surface area contributed by atoms with Gasteiger partial charge in [0.15, 0.2) is 5.96 Å². The second-order valence-corrected chi connectivity index (χ2v) is 7.27. The summed E-state index contributed by atoms with van der Waals surface area (Å²) >= 11 is 0. The summed E-state index contributed by atoms with van der Waals surface area (Å²) in [6, 6.07) is 10.7. The van der Waals surface area contributed by atoms with Gasteiger partial charge in [-0.25, -0.2) is 0 Å². The average Bonchev–Trinajstić information content (AvgIpc) is 3.15. The minimum atomic E-state index is 0. The molecule has 0 spiro atoms. The highest BCUT2D eigenvalue weighted by Gasteiger charge is 2.09. The SMILES string of the molecule is CCNC(=NCCCn1ccc2ccccc21)NCCCCN1CCOCC1.I. The lowest BCUT2D eigenvalue weighted by Crippen LogP contribution is -2.39. The van der Waals surface area contributed by atoms with Gasteiger partial charge in [0.05, 0.1) is 13.2 Å². The summed E-state index contributed by atoms with van der Waals surface area (Å²) in [6.45, 7) is 10.9. The van der Waals surface area contributed by atoms with Gasteiger partial charge in [-0.05, 0) is 50.2 Å². The third kappa shape index (κ3) is 8.14. The fourth-order valence-corrected chi connectivity index (χ4v) is 3.60. The Hall–Kier alpha value is -1.32. The Bertz CT molecular complexity index is 727. The number of morpholine rings is 1. The third-order valence-electron chi connectivity index (χ3n) is 5.15. The number of rotatable bonds is 10. The van der Waals surface area contributed by atoms with E-state index in [1.807, 2.05) is 0 Å². The molecule has 0 amide bonds. The van der Waals surface area contributed by atoms with E-state index in [4.69, 9.17) is 9.73 Å². The third-order valence-corrected chi connectivity index (χ3v) is 5.15. The van der Waals surface area contributed by atoms with Crippen molar-refractivity contribution in [3.63, 3.8) is 0 Å². The van der Waals surface area contributed by atoms with Gasteiger partial charge in [0.2, 0.25) is 0 Å². The summed E-state index contributed by atoms with van der Waals surface area (Å²) in [5, 5.41) is 8.13. The normalized spacial score (nSPS) is 15.3. The van der Waals surface area contributed by atoms with Crippen LogP contribution in [-0.2, 0) is 11.3 Å². The zero-order chi connectivity index (χ0) is 19.4. The monoisotopic (exact) mass is 513 g/mol. The van der Waals surface area contributed by atoms with Crippen LogP contribution in [0.5, 0.6) is 0 Å². The number of aryl methyl sites for hydroxylation is 1. The van der Waals surface area contributed by atoms with Gasteiger partial charge in [-0.2, -0.15) is 0 Å². The maximum absolute atomic E-state index is 5.40. The number of ether oxygens (including phenoxy) is 1. The molecule has 3 rings (SSSR count). The fourth-order valence-electron chi connectivity index (χ4n) is 3.60. The van der Waals surface area contributed by atoms with Gasteiger partial charge in [0.1, 0.15) is 0 Å². The molecule has 0 atom stereocenters. The van der Waals surface area contributed by atoms with Crippen molar-refractivity contribution in [2.75, 3.05) is 52.5 Å². The number of aromatic nitrogens is 1. The standard InChI is InChI=1S/C22H35N5O.HI/c1-2-23-22(24-11-5-6-13-26-16-18-28-19-17-26)25-12-7-14-27-15-10-20-8-3-4-9-21(20)27;/h3-4,8-10,15H,2,5-7,11-14,16-19H2,1H3,(H2,23,24,25);1H. The highest BCUT2D eigenvalue weighted by molar-refractivity contribution is 14.0. The predicted molar refractivity (Wildman–Crippen MR) is 132 cm³/mol. The van der Waals surface area contributed by atoms with Gasteiger partial charge in [-0.1, -0.05) is 18.2 Å². The maximum Gasteiger partial charge on any atom is 0.191 e. The first-order valence-corrected chi connectivity index (χ1v) is 10.7. The van der Waals surface area contributed by atoms with Gasteiger partial charge >= 0.3 is 0 Å². The van der Waals surface area contributed by atoms with Crippen LogP contribution in [0, 0.1) is 0 Å². The summed E-state index contributed by atoms with van der Waals surface area (Å²) in [6.07, 6.45) is 5.59. The van der Waals surface area contributed by atoms with E-state index in [0.29, 0.717) is 0 Å². The van der Waals surface area contributed by atoms with Crippen LogP contribution in [0.25, 0.3) is 10.9 Å². The number of fused-ring (bicyclic) bond motifs is 1. The number of hydrogen-bond acceptors (Lipinski definition) is 3. The van der Waals surface area contributed by atoms with E-state index in [2.05, 4.69) is 63.6 Å². The molecule has 1 aliphatic heterocycles. The Balaban J connectivity index is 0.00000300. The molecule has 0 bridgehead atoms. The van der Waals surface area contributed by atoms with Crippen molar-refractivity contribution in [3.05, 3.63) is 36.5 Å². The summed E-state index contributed by atoms with van der Waals surface area (Å²) in [5.74, 6) is 0.936. The van der Waals surface area contributed by atoms with Crippen molar-refractivity contribution in [3.8, 4) is 0 Å². The minimum Gasteiger partial charge on any atom is -0.379 e. The summed E-state index contributed by atoms with van der Waals surface area (Å²) in [7, 11) is 0. The molecule has 1 saturated heterocycles. The van der Waals surface area contributed by atoms with Crippen molar-refractivity contribution in [1.82, 2.24) is 20.1 Å². The molecule has 1 aromatic heterocycles. The highest BCUT2D eigenvalue weighted by Crippen LogP contribution is 2.15. The second kappa shape index (κ2) is 13.8. The van der Waals surface area contributed by atoms with E-state index in [1.54, 1.807) is 0 Å². The average molecular weight is 513 g/mol. The summed E-state index contributed by atoms with van der Waals surface area (Å²) in [4.78, 5) is 7.23. The van der Waals surface area contributed by atoms with Crippen molar-refractivity contribution in [2.45, 2.75) is 32.7 Å². The molecule has 0 aliphatic carbocycles. The van der Waals surface area contributed by atoms with Gasteiger partial charge in [0, 0.05) is 51.0 Å². The quantitative estimate of drug-likeness (QED) is 0.222. The Morgan fingerprint density at radius 3 is 2.69 bits per heavy atom. The molecular formula is C22H36IN5O. The van der Waals surface area contributed by atoms with E-state index < -0.39 is 0 Å². The largest absolute Gasteiger partial charge is 0.379 e. The van der Waals surface area contributed by atoms with Gasteiger partial charge < -0.3 is 19.9 Å². The highest BCUT2D eigenvalue weighted by atomic mass is 127. The molecule has 0 radical (unpaired) electrons. The number of hydrogen-bond donors (Lipinski definition) is 2. The Labute approximate surface area is 192 Å². The Kier molecular flexibility index (Phi) is 11.4. The topological polar surface area (TPSA) is 53.8 Å². The Morgan fingerprint density at radius 2 is 1.86 bits per heavy atom. The number of nitrogens with one attached hydrogen (secondary N) is 2. The molecule has 7 heteroatoms. The van der Waals surface area contributed by atoms with Crippen LogP contribution in [0.3, 0.4) is 0 Å². The molecule has 6 nitrogen and oxygen atoms in total. The van der Waals surface area contributed by atoms with Crippen LogP contribution in [0.2, 0.25) is 0 Å². The van der Waals surface area contributed by atoms with E-state index >= 15 is 0 Å². The maximum atomic E-state index is 5.40. The number of para-hydroxylation sites is 1. The van der Waals surface area contributed by atoms with E-state index in [0.717, 1.165) is 71.3 Å². The lowest BCUT2D eigenvalue weighted by atomic mass is 10.2. The molecule has 0 saturated carbocycles. The lowest BCUT2D eigenvalue weighted by Gasteiger charge is -2.26. The van der Waals surface area contributed by atoms with Crippen LogP contribution >= 0.6 is 24.0 Å². The molecule has 1 aromatic carbocycles. The first-order chi connectivity index (χ1) is 13.9. The first kappa shape index (κ1) is 24.0. The lowest BCUT2D eigenvalue weighted by molar-refractivity contribution is 0.0372. The van der Waals surface area contributed by atoms with E-state index in [9.17, 15) is 0 Å². The van der Waals surface area contributed by atoms with Gasteiger partial charge in [-0.3, -0.25) is 9.89 Å². The zero-order valence-electron chi connectivity index (χ0n) is 17.6. The molecule has 1 fully saturated rings. The molecule has 162 valence electrons. The molecular weight excluding hydrogens is 477 g/mol. The van der Waals surface area contributed by atoms with Gasteiger partial charge in [0.25, 0.3) is 0 Å². The number of guanidine groups is 1. The summed E-state index contributed by atoms with van der Waals surface area (Å²) in [5.41, 5.74) is 1.30. The number of benzene rings is 1. The summed E-state index contributed by atoms with van der Waals surface area (Å²) < 4.78 is 7.71. The number of halogens is 1. The van der Waals surface area contributed by atoms with Crippen molar-refractivity contribution in [1.29, 1.82) is 0 Å². The predicted octanol–water partition coefficient (Wildman–Crippen LogP) is 3.32. The van der Waals surface area contributed by atoms with Crippen LogP contribution in [0.15, 0.2) is 41.5 Å². The molecule has 2 N–H and O–H groups in total. The van der Waals surface area contributed by atoms with Crippen molar-refractivity contribution >= 4 is 40.8 Å². The molecule has 0 unspecified atom stereocenters. The Morgan fingerprint density at radius 1 is 1.03 bits per heavy atom. The number of nitrogens with zero attached hydrogens (tertiary/aromatic N) is 3.